The van der Waals surface area contributed by atoms with E-state index >= 15 is 0 Å². The summed E-state index contributed by atoms with van der Waals surface area (Å²) in [4.78, 5) is 0.168. The Balaban J connectivity index is 1.93. The average Bonchev–Trinajstić information content (AvgIpc) is 2.54. The van der Waals surface area contributed by atoms with E-state index in [1.165, 1.54) is 24.8 Å². The molecule has 1 N–H and O–H groups in total. The fourth-order valence-electron chi connectivity index (χ4n) is 2.05. The number of benzene rings is 2. The second-order valence-corrected chi connectivity index (χ2v) is 7.91. The smallest absolute Gasteiger partial charge is 0.240 e. The van der Waals surface area contributed by atoms with E-state index in [1.807, 2.05) is 32.0 Å². The molecule has 2 aromatic rings. The van der Waals surface area contributed by atoms with Gasteiger partial charge in [-0.2, -0.15) is 0 Å². The highest BCUT2D eigenvalue weighted by molar-refractivity contribution is 9.10. The van der Waals surface area contributed by atoms with Gasteiger partial charge in [0.15, 0.2) is 0 Å². The van der Waals surface area contributed by atoms with Crippen molar-refractivity contribution in [1.29, 1.82) is 0 Å². The molecule has 0 aromatic heterocycles. The zero-order valence-electron chi connectivity index (χ0n) is 13.8. The van der Waals surface area contributed by atoms with E-state index in [4.69, 9.17) is 9.47 Å². The molecule has 2 rings (SSSR count). The van der Waals surface area contributed by atoms with Crippen molar-refractivity contribution < 1.29 is 17.9 Å². The molecule has 0 unspecified atom stereocenters. The van der Waals surface area contributed by atoms with Crippen LogP contribution in [-0.4, -0.2) is 28.7 Å². The fourth-order valence-corrected chi connectivity index (χ4v) is 3.78. The third-order valence-electron chi connectivity index (χ3n) is 3.57. The van der Waals surface area contributed by atoms with Crippen LogP contribution in [0.5, 0.6) is 11.5 Å². The molecule has 0 saturated carbocycles. The van der Waals surface area contributed by atoms with Crippen molar-refractivity contribution in [3.8, 4) is 11.5 Å². The molecule has 0 aliphatic carbocycles. The van der Waals surface area contributed by atoms with Crippen LogP contribution in [0.15, 0.2) is 45.8 Å². The minimum Gasteiger partial charge on any atom is -0.496 e. The van der Waals surface area contributed by atoms with Crippen LogP contribution in [-0.2, 0) is 10.0 Å². The van der Waals surface area contributed by atoms with Gasteiger partial charge in [0.1, 0.15) is 18.1 Å². The van der Waals surface area contributed by atoms with E-state index in [9.17, 15) is 8.42 Å². The number of aryl methyl sites for hydroxylation is 2. The van der Waals surface area contributed by atoms with Gasteiger partial charge in [-0.3, -0.25) is 0 Å². The maximum absolute atomic E-state index is 12.3. The summed E-state index contributed by atoms with van der Waals surface area (Å²) in [5, 5.41) is 0. The zero-order valence-corrected chi connectivity index (χ0v) is 16.2. The minimum atomic E-state index is -3.59. The topological polar surface area (TPSA) is 64.6 Å². The summed E-state index contributed by atoms with van der Waals surface area (Å²) >= 11 is 3.28. The first-order valence-corrected chi connectivity index (χ1v) is 9.64. The van der Waals surface area contributed by atoms with E-state index in [0.29, 0.717) is 10.2 Å². The van der Waals surface area contributed by atoms with Crippen LogP contribution < -0.4 is 14.2 Å². The van der Waals surface area contributed by atoms with Crippen molar-refractivity contribution in [3.63, 3.8) is 0 Å². The van der Waals surface area contributed by atoms with E-state index < -0.39 is 10.0 Å². The van der Waals surface area contributed by atoms with E-state index in [-0.39, 0.29) is 18.0 Å². The first-order valence-electron chi connectivity index (χ1n) is 7.37. The summed E-state index contributed by atoms with van der Waals surface area (Å²) in [6, 6.07) is 10.4. The summed E-state index contributed by atoms with van der Waals surface area (Å²) in [6.45, 7) is 4.46. The van der Waals surface area contributed by atoms with Crippen LogP contribution in [0.1, 0.15) is 11.1 Å². The second kappa shape index (κ2) is 8.00. The molecule has 5 nitrogen and oxygen atoms in total. The maximum Gasteiger partial charge on any atom is 0.240 e. The standard InChI is InChI=1S/C17H20BrNO4S/c1-12-4-5-14(10-13(12)2)23-9-8-19-24(20,21)15-6-7-17(22-3)16(18)11-15/h4-7,10-11,19H,8-9H2,1-3H3. The van der Waals surface area contributed by atoms with Crippen LogP contribution >= 0.6 is 15.9 Å². The first-order chi connectivity index (χ1) is 11.3. The van der Waals surface area contributed by atoms with Crippen molar-refractivity contribution in [2.75, 3.05) is 20.3 Å². The quantitative estimate of drug-likeness (QED) is 0.706. The van der Waals surface area contributed by atoms with Crippen LogP contribution in [0.3, 0.4) is 0 Å². The summed E-state index contributed by atoms with van der Waals surface area (Å²) < 4.78 is 38.3. The van der Waals surface area contributed by atoms with Crippen molar-refractivity contribution in [3.05, 3.63) is 52.0 Å². The Labute approximate surface area is 151 Å². The number of rotatable bonds is 7. The number of nitrogens with one attached hydrogen (secondary N) is 1. The van der Waals surface area contributed by atoms with Gasteiger partial charge in [0.25, 0.3) is 0 Å². The Hall–Kier alpha value is -1.57. The van der Waals surface area contributed by atoms with Crippen LogP contribution in [0.25, 0.3) is 0 Å². The molecule has 0 aliphatic rings. The molecule has 0 radical (unpaired) electrons. The number of sulfonamides is 1. The van der Waals surface area contributed by atoms with E-state index in [2.05, 4.69) is 20.7 Å². The molecule has 0 saturated heterocycles. The summed E-state index contributed by atoms with van der Waals surface area (Å²) in [5.74, 6) is 1.30. The van der Waals surface area contributed by atoms with Gasteiger partial charge in [0.2, 0.25) is 10.0 Å². The normalized spacial score (nSPS) is 11.3. The summed E-state index contributed by atoms with van der Waals surface area (Å²) in [7, 11) is -2.07. The van der Waals surface area contributed by atoms with Gasteiger partial charge in [-0.25, -0.2) is 13.1 Å². The van der Waals surface area contributed by atoms with Gasteiger partial charge < -0.3 is 9.47 Å². The fraction of sp³-hybridized carbons (Fsp3) is 0.294. The molecular weight excluding hydrogens is 394 g/mol. The SMILES string of the molecule is COc1ccc(S(=O)(=O)NCCOc2ccc(C)c(C)c2)cc1Br. The van der Waals surface area contributed by atoms with Gasteiger partial charge in [0.05, 0.1) is 16.5 Å². The van der Waals surface area contributed by atoms with Gasteiger partial charge >= 0.3 is 0 Å². The van der Waals surface area contributed by atoms with Crippen molar-refractivity contribution >= 4 is 26.0 Å². The van der Waals surface area contributed by atoms with Crippen LogP contribution in [0, 0.1) is 13.8 Å². The predicted molar refractivity (Wildman–Crippen MR) is 97.3 cm³/mol. The molecule has 0 heterocycles. The Kier molecular flexibility index (Phi) is 6.26. The number of methoxy groups -OCH3 is 1. The molecule has 0 atom stereocenters. The molecule has 2 aromatic carbocycles. The van der Waals surface area contributed by atoms with E-state index in [1.54, 1.807) is 6.07 Å². The van der Waals surface area contributed by atoms with Crippen LogP contribution in [0.2, 0.25) is 0 Å². The number of hydrogen-bond donors (Lipinski definition) is 1. The maximum atomic E-state index is 12.3. The molecule has 0 amide bonds. The molecule has 0 spiro atoms. The third-order valence-corrected chi connectivity index (χ3v) is 5.65. The van der Waals surface area contributed by atoms with Gasteiger partial charge in [-0.1, -0.05) is 6.07 Å². The number of ether oxygens (including phenoxy) is 2. The zero-order chi connectivity index (χ0) is 17.7. The largest absolute Gasteiger partial charge is 0.496 e. The molecule has 24 heavy (non-hydrogen) atoms. The Bertz CT molecular complexity index is 821. The van der Waals surface area contributed by atoms with Crippen LogP contribution in [0.4, 0.5) is 0 Å². The first kappa shape index (κ1) is 18.8. The van der Waals surface area contributed by atoms with Crippen molar-refractivity contribution in [1.82, 2.24) is 4.72 Å². The Morgan fingerprint density at radius 1 is 1.08 bits per heavy atom. The second-order valence-electron chi connectivity index (χ2n) is 5.29. The van der Waals surface area contributed by atoms with Gasteiger partial charge in [0, 0.05) is 6.54 Å². The van der Waals surface area contributed by atoms with Gasteiger partial charge in [-0.05, 0) is 71.2 Å². The van der Waals surface area contributed by atoms with Crippen molar-refractivity contribution in [2.45, 2.75) is 18.7 Å². The van der Waals surface area contributed by atoms with E-state index in [0.717, 1.165) is 11.3 Å². The lowest BCUT2D eigenvalue weighted by Crippen LogP contribution is -2.28. The Morgan fingerprint density at radius 3 is 2.46 bits per heavy atom. The lowest BCUT2D eigenvalue weighted by atomic mass is 10.1. The minimum absolute atomic E-state index is 0.168. The van der Waals surface area contributed by atoms with Gasteiger partial charge in [-0.15, -0.1) is 0 Å². The predicted octanol–water partition coefficient (Wildman–Crippen LogP) is 3.43. The third kappa shape index (κ3) is 4.72. The molecular formula is C17H20BrNO4S. The summed E-state index contributed by atoms with van der Waals surface area (Å²) in [6.07, 6.45) is 0. The molecule has 0 fully saturated rings. The number of halogens is 1. The average molecular weight is 414 g/mol. The highest BCUT2D eigenvalue weighted by Gasteiger charge is 2.15. The van der Waals surface area contributed by atoms with Crippen molar-refractivity contribution in [2.24, 2.45) is 0 Å². The molecule has 0 bridgehead atoms. The Morgan fingerprint density at radius 2 is 1.83 bits per heavy atom. The summed E-state index contributed by atoms with van der Waals surface area (Å²) in [5.41, 5.74) is 2.32. The monoisotopic (exact) mass is 413 g/mol. The lowest BCUT2D eigenvalue weighted by Gasteiger charge is -2.11. The molecule has 130 valence electrons. The molecule has 0 aliphatic heterocycles. The highest BCUT2D eigenvalue weighted by atomic mass is 79.9. The molecule has 7 heteroatoms. The lowest BCUT2D eigenvalue weighted by molar-refractivity contribution is 0.322. The highest BCUT2D eigenvalue weighted by Crippen LogP contribution is 2.27. The number of hydrogen-bond acceptors (Lipinski definition) is 4.